The maximum atomic E-state index is 9.68. The van der Waals surface area contributed by atoms with Crippen molar-refractivity contribution in [3.05, 3.63) is 21.3 Å². The third kappa shape index (κ3) is 2.20. The second-order valence-corrected chi connectivity index (χ2v) is 5.08. The third-order valence-electron chi connectivity index (χ3n) is 2.79. The molecule has 0 amide bonds. The first kappa shape index (κ1) is 11.0. The zero-order valence-corrected chi connectivity index (χ0v) is 10.7. The van der Waals surface area contributed by atoms with Gasteiger partial charge in [-0.15, -0.1) is 0 Å². The molecule has 1 atom stereocenters. The molecule has 2 rings (SSSR count). The number of phenolic OH excluding ortho intramolecular Hbond substituents is 1. The number of methoxy groups -OCH3 is 1. The number of hydrogen-bond donors (Lipinski definition) is 2. The van der Waals surface area contributed by atoms with Crippen molar-refractivity contribution in [2.75, 3.05) is 7.11 Å². The van der Waals surface area contributed by atoms with E-state index in [1.165, 1.54) is 12.8 Å². The summed E-state index contributed by atoms with van der Waals surface area (Å²) in [6.45, 7) is 0. The second-order valence-electron chi connectivity index (χ2n) is 3.92. The van der Waals surface area contributed by atoms with E-state index in [9.17, 15) is 5.11 Å². The average molecular weight is 319 g/mol. The molecule has 15 heavy (non-hydrogen) atoms. The van der Waals surface area contributed by atoms with Crippen molar-refractivity contribution in [1.82, 2.24) is 0 Å². The van der Waals surface area contributed by atoms with E-state index in [1.807, 2.05) is 12.1 Å². The number of aromatic hydroxyl groups is 1. The van der Waals surface area contributed by atoms with E-state index in [0.717, 1.165) is 9.13 Å². The SMILES string of the molecule is COc1cc(C(N)C2CC2)cc(I)c1O. The summed E-state index contributed by atoms with van der Waals surface area (Å²) in [4.78, 5) is 0. The van der Waals surface area contributed by atoms with Crippen LogP contribution in [-0.2, 0) is 0 Å². The fraction of sp³-hybridized carbons (Fsp3) is 0.455. The van der Waals surface area contributed by atoms with Crippen LogP contribution < -0.4 is 10.5 Å². The van der Waals surface area contributed by atoms with Crippen molar-refractivity contribution < 1.29 is 9.84 Å². The van der Waals surface area contributed by atoms with Gasteiger partial charge in [-0.25, -0.2) is 0 Å². The van der Waals surface area contributed by atoms with Crippen LogP contribution in [0.25, 0.3) is 0 Å². The molecule has 3 N–H and O–H groups in total. The highest BCUT2D eigenvalue weighted by atomic mass is 127. The van der Waals surface area contributed by atoms with Gasteiger partial charge in [0.25, 0.3) is 0 Å². The van der Waals surface area contributed by atoms with E-state index < -0.39 is 0 Å². The summed E-state index contributed by atoms with van der Waals surface area (Å²) >= 11 is 2.09. The van der Waals surface area contributed by atoms with E-state index in [0.29, 0.717) is 11.7 Å². The predicted molar refractivity (Wildman–Crippen MR) is 67.0 cm³/mol. The van der Waals surface area contributed by atoms with Crippen molar-refractivity contribution in [2.45, 2.75) is 18.9 Å². The van der Waals surface area contributed by atoms with Crippen LogP contribution in [0.1, 0.15) is 24.4 Å². The van der Waals surface area contributed by atoms with Gasteiger partial charge in [0.15, 0.2) is 11.5 Å². The Morgan fingerprint density at radius 3 is 2.73 bits per heavy atom. The molecule has 1 aromatic carbocycles. The molecule has 1 aliphatic carbocycles. The molecule has 0 aromatic heterocycles. The normalized spacial score (nSPS) is 17.5. The summed E-state index contributed by atoms with van der Waals surface area (Å²) in [5.41, 5.74) is 7.15. The first-order valence-corrected chi connectivity index (χ1v) is 6.03. The molecule has 3 nitrogen and oxygen atoms in total. The zero-order valence-electron chi connectivity index (χ0n) is 8.53. The van der Waals surface area contributed by atoms with E-state index in [-0.39, 0.29) is 11.8 Å². The molecular formula is C11H14INO2. The average Bonchev–Trinajstić information content (AvgIpc) is 3.04. The number of ether oxygens (including phenoxy) is 1. The van der Waals surface area contributed by atoms with Gasteiger partial charge in [-0.1, -0.05) is 0 Å². The van der Waals surface area contributed by atoms with Gasteiger partial charge in [-0.2, -0.15) is 0 Å². The zero-order chi connectivity index (χ0) is 11.0. The van der Waals surface area contributed by atoms with Gasteiger partial charge >= 0.3 is 0 Å². The van der Waals surface area contributed by atoms with E-state index in [4.69, 9.17) is 10.5 Å². The molecule has 0 heterocycles. The monoisotopic (exact) mass is 319 g/mol. The fourth-order valence-corrected chi connectivity index (χ4v) is 2.29. The molecule has 1 saturated carbocycles. The Bertz CT molecular complexity index is 377. The summed E-state index contributed by atoms with van der Waals surface area (Å²) in [6, 6.07) is 3.84. The van der Waals surface area contributed by atoms with Crippen molar-refractivity contribution in [2.24, 2.45) is 11.7 Å². The molecule has 1 unspecified atom stereocenters. The lowest BCUT2D eigenvalue weighted by atomic mass is 10.0. The summed E-state index contributed by atoms with van der Waals surface area (Å²) in [5.74, 6) is 1.31. The topological polar surface area (TPSA) is 55.5 Å². The lowest BCUT2D eigenvalue weighted by molar-refractivity contribution is 0.370. The smallest absolute Gasteiger partial charge is 0.171 e. The maximum Gasteiger partial charge on any atom is 0.171 e. The van der Waals surface area contributed by atoms with E-state index >= 15 is 0 Å². The minimum atomic E-state index is 0.0769. The quantitative estimate of drug-likeness (QED) is 0.841. The highest BCUT2D eigenvalue weighted by molar-refractivity contribution is 14.1. The van der Waals surface area contributed by atoms with Crippen LogP contribution in [0.3, 0.4) is 0 Å². The Kier molecular flexibility index (Phi) is 3.06. The Labute approximate surface area is 103 Å². The van der Waals surface area contributed by atoms with Crippen molar-refractivity contribution >= 4 is 22.6 Å². The van der Waals surface area contributed by atoms with Gasteiger partial charge < -0.3 is 15.6 Å². The number of halogens is 1. The van der Waals surface area contributed by atoms with Crippen LogP contribution in [0.4, 0.5) is 0 Å². The van der Waals surface area contributed by atoms with Gasteiger partial charge in [0, 0.05) is 6.04 Å². The Morgan fingerprint density at radius 2 is 2.20 bits per heavy atom. The molecule has 0 saturated heterocycles. The van der Waals surface area contributed by atoms with E-state index in [2.05, 4.69) is 22.6 Å². The van der Waals surface area contributed by atoms with Crippen LogP contribution in [0, 0.1) is 9.49 Å². The largest absolute Gasteiger partial charge is 0.504 e. The van der Waals surface area contributed by atoms with Crippen molar-refractivity contribution in [3.8, 4) is 11.5 Å². The number of nitrogens with two attached hydrogens (primary N) is 1. The van der Waals surface area contributed by atoms with Gasteiger partial charge in [-0.05, 0) is 59.0 Å². The lowest BCUT2D eigenvalue weighted by Crippen LogP contribution is -2.12. The van der Waals surface area contributed by atoms with Gasteiger partial charge in [0.1, 0.15) is 0 Å². The molecule has 4 heteroatoms. The summed E-state index contributed by atoms with van der Waals surface area (Å²) in [5, 5.41) is 9.68. The molecule has 82 valence electrons. The van der Waals surface area contributed by atoms with Gasteiger partial charge in [0.2, 0.25) is 0 Å². The second kappa shape index (κ2) is 4.17. The predicted octanol–water partition coefficient (Wildman–Crippen LogP) is 2.42. The minimum Gasteiger partial charge on any atom is -0.504 e. The van der Waals surface area contributed by atoms with Crippen LogP contribution in [0.2, 0.25) is 0 Å². The summed E-state index contributed by atoms with van der Waals surface area (Å²) in [6.07, 6.45) is 2.42. The summed E-state index contributed by atoms with van der Waals surface area (Å²) < 4.78 is 5.90. The lowest BCUT2D eigenvalue weighted by Gasteiger charge is -2.14. The highest BCUT2D eigenvalue weighted by Gasteiger charge is 2.30. The standard InChI is InChI=1S/C11H14INO2/c1-15-9-5-7(4-8(12)11(9)14)10(13)6-2-3-6/h4-6,10,14H,2-3,13H2,1H3. The van der Waals surface area contributed by atoms with Gasteiger partial charge in [-0.3, -0.25) is 0 Å². The van der Waals surface area contributed by atoms with Crippen LogP contribution in [0.15, 0.2) is 12.1 Å². The minimum absolute atomic E-state index is 0.0769. The van der Waals surface area contributed by atoms with Crippen LogP contribution >= 0.6 is 22.6 Å². The first-order chi connectivity index (χ1) is 7.13. The van der Waals surface area contributed by atoms with Crippen LogP contribution in [-0.4, -0.2) is 12.2 Å². The van der Waals surface area contributed by atoms with Crippen molar-refractivity contribution in [1.29, 1.82) is 0 Å². The summed E-state index contributed by atoms with van der Waals surface area (Å²) in [7, 11) is 1.55. The Hall–Kier alpha value is -0.490. The fourth-order valence-electron chi connectivity index (χ4n) is 1.67. The molecule has 1 aromatic rings. The first-order valence-electron chi connectivity index (χ1n) is 4.95. The maximum absolute atomic E-state index is 9.68. The number of phenols is 1. The molecular weight excluding hydrogens is 305 g/mol. The molecule has 0 aliphatic heterocycles. The molecule has 0 radical (unpaired) electrons. The molecule has 1 fully saturated rings. The number of hydrogen-bond acceptors (Lipinski definition) is 3. The molecule has 0 spiro atoms. The third-order valence-corrected chi connectivity index (χ3v) is 3.61. The highest BCUT2D eigenvalue weighted by Crippen LogP contribution is 2.42. The Morgan fingerprint density at radius 1 is 1.53 bits per heavy atom. The van der Waals surface area contributed by atoms with Gasteiger partial charge in [0.05, 0.1) is 10.7 Å². The van der Waals surface area contributed by atoms with Crippen molar-refractivity contribution in [3.63, 3.8) is 0 Å². The number of rotatable bonds is 3. The Balaban J connectivity index is 2.35. The molecule has 0 bridgehead atoms. The number of benzene rings is 1. The molecule has 1 aliphatic rings. The van der Waals surface area contributed by atoms with Crippen LogP contribution in [0.5, 0.6) is 11.5 Å². The van der Waals surface area contributed by atoms with E-state index in [1.54, 1.807) is 7.11 Å².